The van der Waals surface area contributed by atoms with Crippen molar-refractivity contribution < 1.29 is 19.1 Å². The number of esters is 1. The van der Waals surface area contributed by atoms with Crippen molar-refractivity contribution in [3.05, 3.63) is 83.1 Å². The number of rotatable bonds is 7. The molecule has 7 heteroatoms. The molecular formula is C22H20BrNO4S. The second-order valence-electron chi connectivity index (χ2n) is 6.69. The minimum absolute atomic E-state index is 0.168. The van der Waals surface area contributed by atoms with Crippen LogP contribution < -0.4 is 0 Å². The van der Waals surface area contributed by atoms with E-state index in [1.54, 1.807) is 13.8 Å². The van der Waals surface area contributed by atoms with Gasteiger partial charge >= 0.3 is 5.97 Å². The second kappa shape index (κ2) is 9.41. The first-order valence-corrected chi connectivity index (χ1v) is 10.9. The quantitative estimate of drug-likeness (QED) is 0.195. The summed E-state index contributed by atoms with van der Waals surface area (Å²) in [4.78, 5) is 37.4. The first kappa shape index (κ1) is 21.3. The third-order valence-corrected chi connectivity index (χ3v) is 6.63. The van der Waals surface area contributed by atoms with Crippen molar-refractivity contribution in [3.63, 3.8) is 0 Å². The van der Waals surface area contributed by atoms with E-state index in [0.717, 1.165) is 22.9 Å². The van der Waals surface area contributed by atoms with E-state index in [2.05, 4.69) is 15.9 Å². The number of carbonyl (C=O) groups is 3. The standard InChI is InChI=1S/C22H20BrNO4S/c1-14(2)18(24-20(26)17(23)21(24)29-13-25)22(27)28-19(15-9-5-3-6-10-15)16-11-7-4-8-12-16/h3-13,17,19,21H,1-2H3/t17-,21+/m0/s1. The van der Waals surface area contributed by atoms with E-state index in [4.69, 9.17) is 4.74 Å². The Labute approximate surface area is 182 Å². The average Bonchev–Trinajstić information content (AvgIpc) is 2.75. The van der Waals surface area contributed by atoms with Gasteiger partial charge < -0.3 is 4.74 Å². The Bertz CT molecular complexity index is 889. The van der Waals surface area contributed by atoms with Crippen molar-refractivity contribution in [1.29, 1.82) is 0 Å². The zero-order chi connectivity index (χ0) is 21.0. The van der Waals surface area contributed by atoms with Gasteiger partial charge in [0, 0.05) is 0 Å². The van der Waals surface area contributed by atoms with E-state index in [-0.39, 0.29) is 11.6 Å². The van der Waals surface area contributed by atoms with Crippen LogP contribution in [-0.2, 0) is 19.1 Å². The molecule has 1 heterocycles. The molecule has 1 amide bonds. The Morgan fingerprint density at radius 1 is 1.07 bits per heavy atom. The van der Waals surface area contributed by atoms with Gasteiger partial charge in [-0.25, -0.2) is 4.79 Å². The normalized spacial score (nSPS) is 18.2. The third kappa shape index (κ3) is 4.46. The lowest BCUT2D eigenvalue weighted by molar-refractivity contribution is -0.151. The predicted octanol–water partition coefficient (Wildman–Crippen LogP) is 4.47. The minimum Gasteiger partial charge on any atom is -0.448 e. The summed E-state index contributed by atoms with van der Waals surface area (Å²) in [5.74, 6) is -0.875. The van der Waals surface area contributed by atoms with Gasteiger partial charge in [-0.2, -0.15) is 0 Å². The summed E-state index contributed by atoms with van der Waals surface area (Å²) in [5, 5.41) is -0.482. The van der Waals surface area contributed by atoms with Crippen molar-refractivity contribution in [2.75, 3.05) is 0 Å². The number of amides is 1. The summed E-state index contributed by atoms with van der Waals surface area (Å²) in [5.41, 5.74) is 3.13. The Hall–Kier alpha value is -2.38. The number of likely N-dealkylation sites (tertiary alicyclic amines) is 1. The number of thioether (sulfide) groups is 1. The molecule has 0 saturated carbocycles. The molecule has 0 unspecified atom stereocenters. The summed E-state index contributed by atoms with van der Waals surface area (Å²) in [7, 11) is 0. The van der Waals surface area contributed by atoms with Crippen molar-refractivity contribution in [2.24, 2.45) is 0 Å². The van der Waals surface area contributed by atoms with Crippen molar-refractivity contribution in [1.82, 2.24) is 4.90 Å². The van der Waals surface area contributed by atoms with E-state index in [1.165, 1.54) is 4.90 Å². The molecule has 0 aliphatic carbocycles. The van der Waals surface area contributed by atoms with Crippen molar-refractivity contribution in [3.8, 4) is 0 Å². The fourth-order valence-electron chi connectivity index (χ4n) is 3.14. The Morgan fingerprint density at radius 2 is 1.59 bits per heavy atom. The van der Waals surface area contributed by atoms with Gasteiger partial charge in [-0.1, -0.05) is 88.4 Å². The fraction of sp³-hybridized carbons (Fsp3) is 0.227. The molecule has 3 rings (SSSR count). The summed E-state index contributed by atoms with van der Waals surface area (Å²) >= 11 is 4.23. The summed E-state index contributed by atoms with van der Waals surface area (Å²) < 4.78 is 5.91. The van der Waals surface area contributed by atoms with Crippen LogP contribution in [0.1, 0.15) is 31.1 Å². The maximum atomic E-state index is 13.2. The zero-order valence-electron chi connectivity index (χ0n) is 15.9. The molecular weight excluding hydrogens is 454 g/mol. The zero-order valence-corrected chi connectivity index (χ0v) is 18.4. The highest BCUT2D eigenvalue weighted by Crippen LogP contribution is 2.39. The molecule has 1 aliphatic rings. The van der Waals surface area contributed by atoms with Gasteiger partial charge in [0.05, 0.1) is 0 Å². The van der Waals surface area contributed by atoms with Gasteiger partial charge in [0.15, 0.2) is 11.7 Å². The van der Waals surface area contributed by atoms with Gasteiger partial charge in [-0.15, -0.1) is 0 Å². The van der Waals surface area contributed by atoms with Crippen LogP contribution in [0.15, 0.2) is 71.9 Å². The van der Waals surface area contributed by atoms with Crippen molar-refractivity contribution >= 4 is 45.2 Å². The summed E-state index contributed by atoms with van der Waals surface area (Å²) in [6.45, 7) is 3.49. The maximum absolute atomic E-state index is 13.2. The molecule has 0 bridgehead atoms. The maximum Gasteiger partial charge on any atom is 0.355 e. The Kier molecular flexibility index (Phi) is 6.92. The number of nitrogens with zero attached hydrogens (tertiary/aromatic N) is 1. The Balaban J connectivity index is 1.93. The number of halogens is 1. The third-order valence-electron chi connectivity index (χ3n) is 4.51. The molecule has 1 aliphatic heterocycles. The molecule has 0 radical (unpaired) electrons. The van der Waals surface area contributed by atoms with Gasteiger partial charge in [0.25, 0.3) is 0 Å². The summed E-state index contributed by atoms with van der Waals surface area (Å²) in [6, 6.07) is 18.9. The highest BCUT2D eigenvalue weighted by Gasteiger charge is 2.50. The van der Waals surface area contributed by atoms with Crippen LogP contribution in [0.3, 0.4) is 0 Å². The molecule has 0 spiro atoms. The highest BCUT2D eigenvalue weighted by atomic mass is 79.9. The van der Waals surface area contributed by atoms with Gasteiger partial charge in [0.2, 0.25) is 5.91 Å². The lowest BCUT2D eigenvalue weighted by atomic mass is 10.0. The van der Waals surface area contributed by atoms with E-state index >= 15 is 0 Å². The second-order valence-corrected chi connectivity index (χ2v) is 8.62. The monoisotopic (exact) mass is 473 g/mol. The number of hydrogen-bond donors (Lipinski definition) is 0. The molecule has 1 saturated heterocycles. The van der Waals surface area contributed by atoms with Crippen LogP contribution in [0.4, 0.5) is 0 Å². The minimum atomic E-state index is -0.618. The van der Waals surface area contributed by atoms with Crippen LogP contribution in [0.25, 0.3) is 0 Å². The van der Waals surface area contributed by atoms with Gasteiger partial charge in [-0.3, -0.25) is 14.5 Å². The molecule has 0 N–H and O–H groups in total. The lowest BCUT2D eigenvalue weighted by Gasteiger charge is -2.43. The fourth-order valence-corrected chi connectivity index (χ4v) is 4.67. The molecule has 150 valence electrons. The molecule has 2 aromatic rings. The van der Waals surface area contributed by atoms with E-state index in [1.807, 2.05) is 60.7 Å². The topological polar surface area (TPSA) is 63.7 Å². The molecule has 2 aromatic carbocycles. The van der Waals surface area contributed by atoms with Crippen LogP contribution in [0.2, 0.25) is 0 Å². The molecule has 2 atom stereocenters. The van der Waals surface area contributed by atoms with Crippen LogP contribution in [-0.4, -0.2) is 32.6 Å². The lowest BCUT2D eigenvalue weighted by Crippen LogP contribution is -2.61. The molecule has 1 fully saturated rings. The SMILES string of the molecule is CC(C)=C(C(=O)OC(c1ccccc1)c1ccccc1)N1C(=O)[C@H](Br)[C@H]1SC=O. The molecule has 29 heavy (non-hydrogen) atoms. The number of β-lactam (4-membered cyclic amide) rings is 1. The van der Waals surface area contributed by atoms with Crippen molar-refractivity contribution in [2.45, 2.75) is 30.2 Å². The van der Waals surface area contributed by atoms with E-state index in [9.17, 15) is 14.4 Å². The van der Waals surface area contributed by atoms with Crippen LogP contribution >= 0.6 is 27.7 Å². The number of carbonyl (C=O) groups excluding carboxylic acids is 3. The van der Waals surface area contributed by atoms with Gasteiger partial charge in [0.1, 0.15) is 15.9 Å². The Morgan fingerprint density at radius 3 is 2.03 bits per heavy atom. The average molecular weight is 474 g/mol. The number of benzene rings is 2. The smallest absolute Gasteiger partial charge is 0.355 e. The number of alkyl halides is 1. The van der Waals surface area contributed by atoms with E-state index in [0.29, 0.717) is 11.2 Å². The first-order chi connectivity index (χ1) is 14.0. The highest BCUT2D eigenvalue weighted by molar-refractivity contribution is 9.10. The summed E-state index contributed by atoms with van der Waals surface area (Å²) in [6.07, 6.45) is -0.618. The molecule has 5 nitrogen and oxygen atoms in total. The first-order valence-electron chi connectivity index (χ1n) is 9.00. The van der Waals surface area contributed by atoms with Crippen LogP contribution in [0.5, 0.6) is 0 Å². The molecule has 0 aromatic heterocycles. The predicted molar refractivity (Wildman–Crippen MR) is 117 cm³/mol. The van der Waals surface area contributed by atoms with E-state index < -0.39 is 22.3 Å². The van der Waals surface area contributed by atoms with Crippen LogP contribution in [0, 0.1) is 0 Å². The van der Waals surface area contributed by atoms with Gasteiger partial charge in [-0.05, 0) is 30.5 Å². The largest absolute Gasteiger partial charge is 0.448 e. The number of allylic oxidation sites excluding steroid dienone is 1. The number of hydrogen-bond acceptors (Lipinski definition) is 5. The number of ether oxygens (including phenoxy) is 1.